The van der Waals surface area contributed by atoms with Crippen molar-refractivity contribution >= 4 is 16.9 Å². The maximum absolute atomic E-state index is 14.6. The van der Waals surface area contributed by atoms with Crippen LogP contribution >= 0.6 is 0 Å². The Morgan fingerprint density at radius 2 is 2.00 bits per heavy atom. The molecule has 0 bridgehead atoms. The van der Waals surface area contributed by atoms with Gasteiger partial charge in [-0.05, 0) is 24.3 Å². The summed E-state index contributed by atoms with van der Waals surface area (Å²) >= 11 is 0. The minimum Gasteiger partial charge on any atom is -0.418 e. The lowest BCUT2D eigenvalue weighted by Gasteiger charge is -2.25. The van der Waals surface area contributed by atoms with E-state index in [9.17, 15) is 13.2 Å². The van der Waals surface area contributed by atoms with Crippen molar-refractivity contribution < 1.29 is 27.1 Å². The van der Waals surface area contributed by atoms with E-state index in [4.69, 9.17) is 13.9 Å². The molecular weight excluding hydrogens is 453 g/mol. The molecule has 1 aliphatic heterocycles. The number of alkyl halides is 1. The van der Waals surface area contributed by atoms with Crippen LogP contribution in [0.15, 0.2) is 34.9 Å². The molecule has 9 nitrogen and oxygen atoms in total. The normalized spacial score (nSPS) is 18.3. The van der Waals surface area contributed by atoms with E-state index in [2.05, 4.69) is 20.3 Å². The highest BCUT2D eigenvalue weighted by molar-refractivity contribution is 5.91. The van der Waals surface area contributed by atoms with Crippen molar-refractivity contribution in [1.82, 2.24) is 25.0 Å². The first-order chi connectivity index (χ1) is 16.5. The van der Waals surface area contributed by atoms with Crippen LogP contribution in [0.3, 0.4) is 0 Å². The third-order valence-corrected chi connectivity index (χ3v) is 5.64. The number of rotatable bonds is 7. The Morgan fingerprint density at radius 3 is 2.79 bits per heavy atom. The number of fused-ring (bicyclic) bond motifs is 1. The summed E-state index contributed by atoms with van der Waals surface area (Å²) in [5, 5.41) is 13.1. The number of hydrogen-bond acceptors (Lipinski definition) is 8. The molecule has 3 aromatic heterocycles. The Kier molecular flexibility index (Phi) is 5.92. The van der Waals surface area contributed by atoms with Crippen molar-refractivity contribution in [2.24, 2.45) is 0 Å². The molecule has 1 aromatic carbocycles. The van der Waals surface area contributed by atoms with Crippen LogP contribution in [0.25, 0.3) is 22.5 Å². The van der Waals surface area contributed by atoms with Gasteiger partial charge in [-0.2, -0.15) is 5.10 Å². The molecule has 5 rings (SSSR count). The number of anilines is 1. The summed E-state index contributed by atoms with van der Waals surface area (Å²) in [5.74, 6) is -0.312. The molecule has 178 valence electrons. The number of benzene rings is 1. The average Bonchev–Trinajstić information content (AvgIpc) is 3.53. The fraction of sp³-hybridized carbons (Fsp3) is 0.364. The number of pyridine rings is 1. The van der Waals surface area contributed by atoms with E-state index in [0.29, 0.717) is 28.3 Å². The minimum absolute atomic E-state index is 0.00381. The number of methoxy groups -OCH3 is 2. The largest absolute Gasteiger partial charge is 0.418 e. The maximum atomic E-state index is 14.6. The van der Waals surface area contributed by atoms with Crippen LogP contribution in [0.1, 0.15) is 23.9 Å². The fourth-order valence-electron chi connectivity index (χ4n) is 4.22. The molecule has 4 heterocycles. The van der Waals surface area contributed by atoms with Gasteiger partial charge in [-0.1, -0.05) is 0 Å². The predicted molar refractivity (Wildman–Crippen MR) is 115 cm³/mol. The van der Waals surface area contributed by atoms with Crippen molar-refractivity contribution in [3.63, 3.8) is 0 Å². The first kappa shape index (κ1) is 22.3. The second-order valence-corrected chi connectivity index (χ2v) is 7.94. The van der Waals surface area contributed by atoms with Gasteiger partial charge in [-0.15, -0.1) is 10.2 Å². The molecule has 0 spiro atoms. The zero-order valence-corrected chi connectivity index (χ0v) is 18.4. The molecule has 0 unspecified atom stereocenters. The quantitative estimate of drug-likeness (QED) is 0.400. The molecule has 4 aromatic rings. The first-order valence-corrected chi connectivity index (χ1v) is 10.5. The Labute approximate surface area is 192 Å². The molecular formula is C22H21F3N6O3. The molecule has 12 heteroatoms. The van der Waals surface area contributed by atoms with Gasteiger partial charge in [0.15, 0.2) is 11.5 Å². The summed E-state index contributed by atoms with van der Waals surface area (Å²) in [6.07, 6.45) is 0.297. The lowest BCUT2D eigenvalue weighted by molar-refractivity contribution is 0.124. The van der Waals surface area contributed by atoms with Crippen molar-refractivity contribution in [2.75, 3.05) is 25.7 Å². The third-order valence-electron chi connectivity index (χ3n) is 5.64. The van der Waals surface area contributed by atoms with E-state index in [1.54, 1.807) is 17.2 Å². The van der Waals surface area contributed by atoms with Crippen LogP contribution in [0.5, 0.6) is 0 Å². The standard InChI is InChI=1S/C22H21F3N6O3/c1-32-10-19-27-28-22(34-19)12-5-16-20(26-8-12)31(11-33-2)29-21(16)30-9-14(24)7-18(30)15-6-13(23)3-4-17(15)25/h3-6,8,14,18H,7,9-11H2,1-2H3/t14-,18+/m0/s1. The predicted octanol–water partition coefficient (Wildman–Crippen LogP) is 3.80. The summed E-state index contributed by atoms with van der Waals surface area (Å²) in [5.41, 5.74) is 1.06. The minimum atomic E-state index is -1.25. The highest BCUT2D eigenvalue weighted by Crippen LogP contribution is 2.41. The van der Waals surface area contributed by atoms with Crippen LogP contribution in [0.2, 0.25) is 0 Å². The van der Waals surface area contributed by atoms with Gasteiger partial charge in [-0.25, -0.2) is 22.8 Å². The number of halogens is 3. The van der Waals surface area contributed by atoms with Gasteiger partial charge in [0.25, 0.3) is 0 Å². The number of nitrogens with zero attached hydrogens (tertiary/aromatic N) is 6. The van der Waals surface area contributed by atoms with E-state index in [1.165, 1.54) is 18.9 Å². The smallest absolute Gasteiger partial charge is 0.249 e. The molecule has 0 N–H and O–H groups in total. The van der Waals surface area contributed by atoms with Crippen LogP contribution in [0.4, 0.5) is 19.0 Å². The van der Waals surface area contributed by atoms with E-state index in [1.807, 2.05) is 0 Å². The van der Waals surface area contributed by atoms with E-state index < -0.39 is 23.8 Å². The molecule has 2 atom stereocenters. The topological polar surface area (TPSA) is 91.3 Å². The van der Waals surface area contributed by atoms with Crippen LogP contribution in [-0.4, -0.2) is 51.9 Å². The summed E-state index contributed by atoms with van der Waals surface area (Å²) in [6.45, 7) is 0.210. The zero-order valence-electron chi connectivity index (χ0n) is 18.4. The first-order valence-electron chi connectivity index (χ1n) is 10.5. The van der Waals surface area contributed by atoms with Crippen LogP contribution in [-0.2, 0) is 22.8 Å². The molecule has 0 amide bonds. The van der Waals surface area contributed by atoms with Crippen LogP contribution in [0, 0.1) is 11.6 Å². The van der Waals surface area contributed by atoms with Gasteiger partial charge < -0.3 is 18.8 Å². The van der Waals surface area contributed by atoms with Gasteiger partial charge in [-0.3, -0.25) is 0 Å². The Hall–Kier alpha value is -3.51. The van der Waals surface area contributed by atoms with E-state index >= 15 is 0 Å². The van der Waals surface area contributed by atoms with Crippen molar-refractivity contribution in [3.8, 4) is 11.5 Å². The van der Waals surface area contributed by atoms with Crippen molar-refractivity contribution in [2.45, 2.75) is 32.0 Å². The third kappa shape index (κ3) is 3.99. The number of ether oxygens (including phenoxy) is 2. The summed E-state index contributed by atoms with van der Waals surface area (Å²) in [4.78, 5) is 6.11. The summed E-state index contributed by atoms with van der Waals surface area (Å²) in [7, 11) is 3.02. The van der Waals surface area contributed by atoms with Gasteiger partial charge in [0.2, 0.25) is 11.8 Å². The van der Waals surface area contributed by atoms with Gasteiger partial charge >= 0.3 is 0 Å². The van der Waals surface area contributed by atoms with E-state index in [0.717, 1.165) is 18.2 Å². The fourth-order valence-corrected chi connectivity index (χ4v) is 4.22. The van der Waals surface area contributed by atoms with Gasteiger partial charge in [0.1, 0.15) is 31.1 Å². The average molecular weight is 474 g/mol. The molecule has 1 fully saturated rings. The molecule has 0 radical (unpaired) electrons. The highest BCUT2D eigenvalue weighted by Gasteiger charge is 2.37. The maximum Gasteiger partial charge on any atom is 0.249 e. The molecule has 0 saturated carbocycles. The van der Waals surface area contributed by atoms with Crippen LogP contribution < -0.4 is 4.90 Å². The Bertz CT molecular complexity index is 1330. The summed E-state index contributed by atoms with van der Waals surface area (Å²) in [6, 6.07) is 4.17. The highest BCUT2D eigenvalue weighted by atomic mass is 19.1. The molecule has 34 heavy (non-hydrogen) atoms. The summed E-state index contributed by atoms with van der Waals surface area (Å²) < 4.78 is 60.5. The lowest BCUT2D eigenvalue weighted by atomic mass is 10.0. The van der Waals surface area contributed by atoms with E-state index in [-0.39, 0.29) is 37.8 Å². The monoisotopic (exact) mass is 474 g/mol. The Morgan fingerprint density at radius 1 is 1.15 bits per heavy atom. The lowest BCUT2D eigenvalue weighted by Crippen LogP contribution is -2.25. The van der Waals surface area contributed by atoms with Crippen molar-refractivity contribution in [1.29, 1.82) is 0 Å². The number of aromatic nitrogens is 5. The van der Waals surface area contributed by atoms with Gasteiger partial charge in [0, 0.05) is 32.4 Å². The van der Waals surface area contributed by atoms with Gasteiger partial charge in [0.05, 0.1) is 23.5 Å². The second-order valence-electron chi connectivity index (χ2n) is 7.94. The second kappa shape index (κ2) is 9.03. The molecule has 0 aliphatic carbocycles. The molecule has 1 aliphatic rings. The zero-order chi connectivity index (χ0) is 23.8. The molecule has 1 saturated heterocycles. The SMILES string of the molecule is COCc1nnc(-c2cnc3c(c2)c(N2C[C@@H](F)C[C@@H]2c2cc(F)ccc2F)nn3COC)o1. The number of hydrogen-bond donors (Lipinski definition) is 0. The Balaban J connectivity index is 1.62. The van der Waals surface area contributed by atoms with Crippen molar-refractivity contribution in [3.05, 3.63) is 53.6 Å².